The molecule has 2 heterocycles. The van der Waals surface area contributed by atoms with Crippen molar-refractivity contribution in [3.8, 4) is 0 Å². The molecule has 1 fully saturated rings. The first-order valence-electron chi connectivity index (χ1n) is 7.63. The number of carbonyl (C=O) groups is 1. The molecule has 1 aromatic heterocycles. The van der Waals surface area contributed by atoms with Crippen LogP contribution >= 0.6 is 0 Å². The summed E-state index contributed by atoms with van der Waals surface area (Å²) in [7, 11) is -3.39. The first-order chi connectivity index (χ1) is 10.8. The summed E-state index contributed by atoms with van der Waals surface area (Å²) in [5.74, 6) is -0.196. The van der Waals surface area contributed by atoms with E-state index in [4.69, 9.17) is 4.74 Å². The molecule has 1 aromatic rings. The molecule has 1 N–H and O–H groups in total. The van der Waals surface area contributed by atoms with E-state index in [-0.39, 0.29) is 12.0 Å². The molecule has 128 valence electrons. The molecule has 2 rings (SSSR count). The summed E-state index contributed by atoms with van der Waals surface area (Å²) in [5, 5.41) is 0. The van der Waals surface area contributed by atoms with Crippen LogP contribution in [0.3, 0.4) is 0 Å². The van der Waals surface area contributed by atoms with Gasteiger partial charge in [0.25, 0.3) is 0 Å². The van der Waals surface area contributed by atoms with E-state index in [2.05, 4.69) is 9.71 Å². The van der Waals surface area contributed by atoms with Crippen LogP contribution in [0.5, 0.6) is 0 Å². The van der Waals surface area contributed by atoms with Crippen molar-refractivity contribution in [3.05, 3.63) is 30.1 Å². The Morgan fingerprint density at radius 2 is 2.13 bits per heavy atom. The highest BCUT2D eigenvalue weighted by Crippen LogP contribution is 2.16. The van der Waals surface area contributed by atoms with Crippen molar-refractivity contribution in [2.24, 2.45) is 0 Å². The fourth-order valence-corrected chi connectivity index (χ4v) is 3.32. The average Bonchev–Trinajstić information content (AvgIpc) is 2.52. The molecule has 1 atom stereocenters. The molecule has 7 nitrogen and oxygen atoms in total. The minimum absolute atomic E-state index is 0.0965. The number of nitrogens with one attached hydrogen (secondary N) is 1. The van der Waals surface area contributed by atoms with E-state index in [0.717, 1.165) is 24.8 Å². The third-order valence-electron chi connectivity index (χ3n) is 3.71. The van der Waals surface area contributed by atoms with Gasteiger partial charge in [0.1, 0.15) is 0 Å². The van der Waals surface area contributed by atoms with Gasteiger partial charge in [-0.05, 0) is 31.9 Å². The van der Waals surface area contributed by atoms with Crippen molar-refractivity contribution in [2.75, 3.05) is 19.3 Å². The van der Waals surface area contributed by atoms with E-state index in [1.54, 1.807) is 18.0 Å². The molecule has 0 radical (unpaired) electrons. The fourth-order valence-electron chi connectivity index (χ4n) is 2.57. The Balaban J connectivity index is 1.76. The highest BCUT2D eigenvalue weighted by atomic mass is 32.2. The number of pyridine rings is 1. The molecule has 1 aliphatic heterocycles. The van der Waals surface area contributed by atoms with Gasteiger partial charge in [-0.3, -0.25) is 9.78 Å². The van der Waals surface area contributed by atoms with Gasteiger partial charge in [-0.2, -0.15) is 0 Å². The first kappa shape index (κ1) is 17.8. The maximum atomic E-state index is 12.2. The monoisotopic (exact) mass is 341 g/mol. The average molecular weight is 341 g/mol. The normalized spacial score (nSPS) is 17.9. The van der Waals surface area contributed by atoms with E-state index in [1.165, 1.54) is 0 Å². The van der Waals surface area contributed by atoms with Crippen LogP contribution in [0, 0.1) is 0 Å². The Hall–Kier alpha value is -1.51. The Morgan fingerprint density at radius 3 is 2.70 bits per heavy atom. The number of hydrogen-bond acceptors (Lipinski definition) is 5. The molecule has 0 bridgehead atoms. The van der Waals surface area contributed by atoms with Crippen molar-refractivity contribution in [1.82, 2.24) is 14.6 Å². The van der Waals surface area contributed by atoms with Gasteiger partial charge in [0, 0.05) is 19.3 Å². The maximum Gasteiger partial charge on any atom is 0.240 e. The molecule has 0 aliphatic carbocycles. The van der Waals surface area contributed by atoms with Crippen LogP contribution in [0.15, 0.2) is 24.4 Å². The lowest BCUT2D eigenvalue weighted by atomic mass is 10.1. The first-order valence-corrected chi connectivity index (χ1v) is 9.52. The fraction of sp³-hybridized carbons (Fsp3) is 0.600. The summed E-state index contributed by atoms with van der Waals surface area (Å²) in [6, 6.07) is 4.95. The van der Waals surface area contributed by atoms with Gasteiger partial charge < -0.3 is 9.64 Å². The van der Waals surface area contributed by atoms with Crippen LogP contribution in [-0.4, -0.2) is 55.7 Å². The van der Waals surface area contributed by atoms with Crippen LogP contribution in [-0.2, 0) is 26.2 Å². The molecule has 1 amide bonds. The lowest BCUT2D eigenvalue weighted by molar-refractivity contribution is -0.135. The Bertz CT molecular complexity index is 613. The largest absolute Gasteiger partial charge is 0.372 e. The Morgan fingerprint density at radius 1 is 1.43 bits per heavy atom. The summed E-state index contributed by atoms with van der Waals surface area (Å²) in [6.45, 7) is 3.17. The lowest BCUT2D eigenvalue weighted by Crippen LogP contribution is -2.49. The SMILES string of the molecule is C[C@@H](NS(C)(=O)=O)C(=O)N1CCC(OCc2ccccn2)CC1. The van der Waals surface area contributed by atoms with Gasteiger partial charge >= 0.3 is 0 Å². The van der Waals surface area contributed by atoms with E-state index < -0.39 is 16.1 Å². The Labute approximate surface area is 137 Å². The van der Waals surface area contributed by atoms with Crippen molar-refractivity contribution in [1.29, 1.82) is 0 Å². The number of amides is 1. The third kappa shape index (κ3) is 5.89. The molecule has 23 heavy (non-hydrogen) atoms. The number of carbonyl (C=O) groups excluding carboxylic acids is 1. The van der Waals surface area contributed by atoms with Crippen LogP contribution < -0.4 is 4.72 Å². The molecule has 0 unspecified atom stereocenters. The predicted octanol–water partition coefficient (Wildman–Crippen LogP) is 0.527. The van der Waals surface area contributed by atoms with Crippen LogP contribution in [0.4, 0.5) is 0 Å². The van der Waals surface area contributed by atoms with Gasteiger partial charge in [-0.25, -0.2) is 13.1 Å². The van der Waals surface area contributed by atoms with Crippen molar-refractivity contribution in [2.45, 2.75) is 38.5 Å². The lowest BCUT2D eigenvalue weighted by Gasteiger charge is -2.33. The highest BCUT2D eigenvalue weighted by Gasteiger charge is 2.27. The topological polar surface area (TPSA) is 88.6 Å². The van der Waals surface area contributed by atoms with Gasteiger partial charge in [-0.15, -0.1) is 0 Å². The number of nitrogens with zero attached hydrogens (tertiary/aromatic N) is 2. The van der Waals surface area contributed by atoms with Gasteiger partial charge in [-0.1, -0.05) is 6.07 Å². The van der Waals surface area contributed by atoms with Crippen molar-refractivity contribution < 1.29 is 17.9 Å². The molecule has 1 aliphatic rings. The molecule has 1 saturated heterocycles. The summed E-state index contributed by atoms with van der Waals surface area (Å²) in [4.78, 5) is 18.1. The molecule has 0 aromatic carbocycles. The van der Waals surface area contributed by atoms with E-state index in [1.807, 2.05) is 18.2 Å². The van der Waals surface area contributed by atoms with Crippen LogP contribution in [0.1, 0.15) is 25.5 Å². The van der Waals surface area contributed by atoms with Crippen molar-refractivity contribution >= 4 is 15.9 Å². The second kappa shape index (κ2) is 7.85. The number of rotatable bonds is 6. The predicted molar refractivity (Wildman–Crippen MR) is 86.1 cm³/mol. The van der Waals surface area contributed by atoms with Crippen LogP contribution in [0.25, 0.3) is 0 Å². The number of aromatic nitrogens is 1. The minimum atomic E-state index is -3.39. The zero-order valence-corrected chi connectivity index (χ0v) is 14.3. The van der Waals surface area contributed by atoms with Gasteiger partial charge in [0.05, 0.1) is 30.7 Å². The number of likely N-dealkylation sites (tertiary alicyclic amines) is 1. The van der Waals surface area contributed by atoms with Crippen molar-refractivity contribution in [3.63, 3.8) is 0 Å². The number of ether oxygens (including phenoxy) is 1. The number of hydrogen-bond donors (Lipinski definition) is 1. The molecule has 0 saturated carbocycles. The number of sulfonamides is 1. The molecule has 8 heteroatoms. The quantitative estimate of drug-likeness (QED) is 0.815. The second-order valence-corrected chi connectivity index (χ2v) is 7.55. The van der Waals surface area contributed by atoms with E-state index >= 15 is 0 Å². The maximum absolute atomic E-state index is 12.2. The minimum Gasteiger partial charge on any atom is -0.372 e. The van der Waals surface area contributed by atoms with Gasteiger partial charge in [0.15, 0.2) is 0 Å². The highest BCUT2D eigenvalue weighted by molar-refractivity contribution is 7.88. The molecule has 0 spiro atoms. The third-order valence-corrected chi connectivity index (χ3v) is 4.49. The zero-order valence-electron chi connectivity index (χ0n) is 13.4. The zero-order chi connectivity index (χ0) is 16.9. The molecular weight excluding hydrogens is 318 g/mol. The second-order valence-electron chi connectivity index (χ2n) is 5.77. The standard InChI is InChI=1S/C15H23N3O4S/c1-12(17-23(2,20)21)15(19)18-9-6-14(7-10-18)22-11-13-5-3-4-8-16-13/h3-5,8,12,14,17H,6-7,9-11H2,1-2H3/t12-/m1/s1. The smallest absolute Gasteiger partial charge is 0.240 e. The summed E-state index contributed by atoms with van der Waals surface area (Å²) in [5.41, 5.74) is 0.886. The van der Waals surface area contributed by atoms with E-state index in [0.29, 0.717) is 19.7 Å². The Kier molecular flexibility index (Phi) is 6.09. The summed E-state index contributed by atoms with van der Waals surface area (Å²) >= 11 is 0. The van der Waals surface area contributed by atoms with Crippen LogP contribution in [0.2, 0.25) is 0 Å². The summed E-state index contributed by atoms with van der Waals surface area (Å²) in [6.07, 6.45) is 4.36. The van der Waals surface area contributed by atoms with E-state index in [9.17, 15) is 13.2 Å². The summed E-state index contributed by atoms with van der Waals surface area (Å²) < 4.78 is 30.5. The van der Waals surface area contributed by atoms with Gasteiger partial charge in [0.2, 0.25) is 15.9 Å². The molecular formula is C15H23N3O4S. The number of piperidine rings is 1.